The van der Waals surface area contributed by atoms with Crippen molar-refractivity contribution in [1.29, 1.82) is 0 Å². The van der Waals surface area contributed by atoms with Gasteiger partial charge in [-0.25, -0.2) is 9.80 Å². The van der Waals surface area contributed by atoms with Gasteiger partial charge in [-0.05, 0) is 12.0 Å². The summed E-state index contributed by atoms with van der Waals surface area (Å²) >= 11 is 0. The quantitative estimate of drug-likeness (QED) is 0.360. The van der Waals surface area contributed by atoms with Crippen molar-refractivity contribution >= 4 is 6.09 Å². The molecule has 22 heavy (non-hydrogen) atoms. The molecule has 0 saturated heterocycles. The fraction of sp³-hybridized carbons (Fsp3) is 0.500. The standard InChI is InChI=1S/C14H24N6O2/c1-2-8-20(16)10-13(18-19-15)9-17-14(21)22-11-12-6-4-3-5-7-12/h3-7,13H,2,8-11,16H2,1H3,(H2,15,18)(H,17,21). The fourth-order valence-electron chi connectivity index (χ4n) is 1.86. The van der Waals surface area contributed by atoms with Crippen molar-refractivity contribution in [3.05, 3.63) is 35.9 Å². The number of rotatable bonds is 9. The lowest BCUT2D eigenvalue weighted by Gasteiger charge is -2.19. The van der Waals surface area contributed by atoms with Gasteiger partial charge in [0, 0.05) is 19.6 Å². The average molecular weight is 308 g/mol. The highest BCUT2D eigenvalue weighted by Gasteiger charge is 2.13. The third-order valence-electron chi connectivity index (χ3n) is 2.88. The Labute approximate surface area is 130 Å². The van der Waals surface area contributed by atoms with E-state index in [0.717, 1.165) is 18.5 Å². The fourth-order valence-corrected chi connectivity index (χ4v) is 1.86. The summed E-state index contributed by atoms with van der Waals surface area (Å²) in [5.41, 5.74) is 0.923. The first kappa shape index (κ1) is 17.9. The molecule has 0 aromatic heterocycles. The summed E-state index contributed by atoms with van der Waals surface area (Å²) in [6.45, 7) is 3.68. The molecule has 8 heteroatoms. The summed E-state index contributed by atoms with van der Waals surface area (Å²) in [6.07, 6.45) is 0.412. The molecule has 0 aliphatic carbocycles. The second kappa shape index (κ2) is 10.5. The van der Waals surface area contributed by atoms with E-state index in [2.05, 4.69) is 15.7 Å². The average Bonchev–Trinajstić information content (AvgIpc) is 2.52. The van der Waals surface area contributed by atoms with Crippen molar-refractivity contribution < 1.29 is 9.53 Å². The Kier molecular flexibility index (Phi) is 8.54. The first-order valence-electron chi connectivity index (χ1n) is 7.20. The van der Waals surface area contributed by atoms with Crippen molar-refractivity contribution in [2.75, 3.05) is 19.6 Å². The molecule has 1 atom stereocenters. The lowest BCUT2D eigenvalue weighted by atomic mass is 10.2. The molecule has 1 rings (SSSR count). The van der Waals surface area contributed by atoms with Crippen molar-refractivity contribution in [2.24, 2.45) is 22.0 Å². The third kappa shape index (κ3) is 7.55. The van der Waals surface area contributed by atoms with Gasteiger partial charge in [-0.3, -0.25) is 5.84 Å². The number of hydrogen-bond donors (Lipinski definition) is 3. The van der Waals surface area contributed by atoms with Crippen LogP contribution in [0, 0.1) is 0 Å². The number of hydrogen-bond acceptors (Lipinski definition) is 6. The minimum Gasteiger partial charge on any atom is -0.445 e. The van der Waals surface area contributed by atoms with Crippen LogP contribution in [0.3, 0.4) is 0 Å². The molecule has 0 radical (unpaired) electrons. The van der Waals surface area contributed by atoms with Gasteiger partial charge in [0.05, 0.1) is 0 Å². The molecule has 0 spiro atoms. The molecule has 122 valence electrons. The lowest BCUT2D eigenvalue weighted by Crippen LogP contribution is -2.42. The van der Waals surface area contributed by atoms with Gasteiger partial charge in [-0.2, -0.15) is 5.11 Å². The monoisotopic (exact) mass is 308 g/mol. The minimum absolute atomic E-state index is 0.217. The number of carbonyl (C=O) groups is 1. The molecular formula is C14H24N6O2. The summed E-state index contributed by atoms with van der Waals surface area (Å²) < 4.78 is 5.11. The van der Waals surface area contributed by atoms with Crippen LogP contribution in [0.2, 0.25) is 0 Å². The Bertz CT molecular complexity index is 454. The largest absolute Gasteiger partial charge is 0.445 e. The van der Waals surface area contributed by atoms with Gasteiger partial charge < -0.3 is 15.9 Å². The molecule has 1 unspecified atom stereocenters. The van der Waals surface area contributed by atoms with Crippen molar-refractivity contribution in [1.82, 2.24) is 10.3 Å². The van der Waals surface area contributed by atoms with E-state index in [4.69, 9.17) is 16.4 Å². The van der Waals surface area contributed by atoms with Crippen molar-refractivity contribution in [3.8, 4) is 0 Å². The number of ether oxygens (including phenoxy) is 1. The minimum atomic E-state index is -0.514. The molecule has 8 nitrogen and oxygen atoms in total. The molecule has 1 aromatic rings. The number of nitrogens with two attached hydrogens (primary N) is 2. The van der Waals surface area contributed by atoms with Gasteiger partial charge >= 0.3 is 6.09 Å². The smallest absolute Gasteiger partial charge is 0.407 e. The highest BCUT2D eigenvalue weighted by atomic mass is 16.5. The molecule has 1 aromatic carbocycles. The van der Waals surface area contributed by atoms with Gasteiger partial charge in [-0.15, -0.1) is 0 Å². The predicted molar refractivity (Wildman–Crippen MR) is 83.5 cm³/mol. The second-order valence-corrected chi connectivity index (χ2v) is 4.82. The molecule has 1 amide bonds. The molecule has 0 aliphatic heterocycles. The summed E-state index contributed by atoms with van der Waals surface area (Å²) in [7, 11) is 0. The first-order chi connectivity index (χ1) is 10.7. The van der Waals surface area contributed by atoms with Crippen molar-refractivity contribution in [2.45, 2.75) is 26.0 Å². The van der Waals surface area contributed by atoms with Crippen LogP contribution in [0.1, 0.15) is 18.9 Å². The summed E-state index contributed by atoms with van der Waals surface area (Å²) in [5.74, 6) is 10.9. The van der Waals surface area contributed by atoms with Crippen LogP contribution in [0.5, 0.6) is 0 Å². The lowest BCUT2D eigenvalue weighted by molar-refractivity contribution is 0.138. The zero-order valence-corrected chi connectivity index (χ0v) is 12.8. The van der Waals surface area contributed by atoms with E-state index in [0.29, 0.717) is 6.54 Å². The Morgan fingerprint density at radius 1 is 1.41 bits per heavy atom. The van der Waals surface area contributed by atoms with Crippen LogP contribution in [0.25, 0.3) is 0 Å². The number of hydrazine groups is 1. The van der Waals surface area contributed by atoms with Crippen LogP contribution >= 0.6 is 0 Å². The molecule has 0 heterocycles. The zero-order valence-electron chi connectivity index (χ0n) is 12.8. The number of carbonyl (C=O) groups excluding carboxylic acids is 1. The highest BCUT2D eigenvalue weighted by molar-refractivity contribution is 5.67. The maximum atomic E-state index is 11.7. The van der Waals surface area contributed by atoms with Crippen molar-refractivity contribution in [3.63, 3.8) is 0 Å². The maximum absolute atomic E-state index is 11.7. The first-order valence-corrected chi connectivity index (χ1v) is 7.20. The van der Waals surface area contributed by atoms with Gasteiger partial charge in [0.2, 0.25) is 0 Å². The Hall–Kier alpha value is -2.19. The number of alkyl carbamates (subject to hydrolysis) is 1. The number of nitrogens with zero attached hydrogens (tertiary/aromatic N) is 3. The normalized spacial score (nSPS) is 12.5. The summed E-state index contributed by atoms with van der Waals surface area (Å²) in [4.78, 5) is 11.7. The highest BCUT2D eigenvalue weighted by Crippen LogP contribution is 2.01. The molecule has 0 bridgehead atoms. The van der Waals surface area contributed by atoms with E-state index < -0.39 is 6.09 Å². The van der Waals surface area contributed by atoms with E-state index in [9.17, 15) is 4.79 Å². The summed E-state index contributed by atoms with van der Waals surface area (Å²) in [6, 6.07) is 9.13. The van der Waals surface area contributed by atoms with Gasteiger partial charge in [0.15, 0.2) is 0 Å². The van der Waals surface area contributed by atoms with E-state index >= 15 is 0 Å². The van der Waals surface area contributed by atoms with Gasteiger partial charge in [0.25, 0.3) is 0 Å². The Morgan fingerprint density at radius 2 is 2.14 bits per heavy atom. The van der Waals surface area contributed by atoms with Crippen LogP contribution in [-0.2, 0) is 11.3 Å². The zero-order chi connectivity index (χ0) is 16.2. The second-order valence-electron chi connectivity index (χ2n) is 4.82. The van der Waals surface area contributed by atoms with E-state index in [1.165, 1.54) is 0 Å². The molecule has 5 N–H and O–H groups in total. The van der Waals surface area contributed by atoms with Crippen LogP contribution in [0.4, 0.5) is 4.79 Å². The molecule has 0 fully saturated rings. The van der Waals surface area contributed by atoms with E-state index in [1.807, 2.05) is 37.3 Å². The Balaban J connectivity index is 2.32. The van der Waals surface area contributed by atoms with Crippen LogP contribution in [-0.4, -0.2) is 36.8 Å². The predicted octanol–water partition coefficient (Wildman–Crippen LogP) is 1.19. The van der Waals surface area contributed by atoms with Gasteiger partial charge in [0.1, 0.15) is 12.6 Å². The molecule has 0 aliphatic rings. The molecule has 0 saturated carbocycles. The number of benzene rings is 1. The number of amides is 1. The van der Waals surface area contributed by atoms with Crippen LogP contribution in [0.15, 0.2) is 40.7 Å². The maximum Gasteiger partial charge on any atom is 0.407 e. The van der Waals surface area contributed by atoms with Gasteiger partial charge in [-0.1, -0.05) is 42.5 Å². The topological polar surface area (TPSA) is 118 Å². The van der Waals surface area contributed by atoms with Crippen LogP contribution < -0.4 is 17.0 Å². The third-order valence-corrected chi connectivity index (χ3v) is 2.88. The summed E-state index contributed by atoms with van der Waals surface area (Å²) in [5, 5.41) is 11.4. The van der Waals surface area contributed by atoms with E-state index in [-0.39, 0.29) is 19.2 Å². The number of nitrogens with one attached hydrogen (secondary N) is 1. The Morgan fingerprint density at radius 3 is 2.77 bits per heavy atom. The molecular weight excluding hydrogens is 284 g/mol. The van der Waals surface area contributed by atoms with E-state index in [1.54, 1.807) is 5.01 Å². The SMILES string of the molecule is CCCN(N)CC(CNC(=O)OCc1ccccc1)N=NN.